The summed E-state index contributed by atoms with van der Waals surface area (Å²) >= 11 is 1.60. The third kappa shape index (κ3) is 5.21. The molecule has 2 nitrogen and oxygen atoms in total. The van der Waals surface area contributed by atoms with Crippen molar-refractivity contribution in [3.05, 3.63) is 29.8 Å². The van der Waals surface area contributed by atoms with Crippen LogP contribution in [-0.2, 0) is 6.42 Å². The van der Waals surface area contributed by atoms with Gasteiger partial charge in [0, 0.05) is 17.4 Å². The van der Waals surface area contributed by atoms with Crippen molar-refractivity contribution < 1.29 is 4.74 Å². The van der Waals surface area contributed by atoms with Crippen molar-refractivity contribution in [2.24, 2.45) is 4.40 Å². The fourth-order valence-corrected chi connectivity index (χ4v) is 1.60. The molecule has 0 atom stereocenters. The molecular formula is C13H19NOS. The van der Waals surface area contributed by atoms with Crippen LogP contribution >= 0.6 is 11.9 Å². The molecule has 0 fully saturated rings. The molecule has 1 aromatic rings. The summed E-state index contributed by atoms with van der Waals surface area (Å²) in [7, 11) is 1.68. The lowest BCUT2D eigenvalue weighted by Gasteiger charge is -2.12. The normalized spacial score (nSPS) is 12.0. The monoisotopic (exact) mass is 237 g/mol. The Morgan fingerprint density at radius 3 is 2.75 bits per heavy atom. The van der Waals surface area contributed by atoms with Crippen LogP contribution in [0.15, 0.2) is 28.7 Å². The highest BCUT2D eigenvalue weighted by Gasteiger charge is 2.08. The first-order valence-corrected chi connectivity index (χ1v) is 6.11. The van der Waals surface area contributed by atoms with Crippen LogP contribution in [0.2, 0.25) is 0 Å². The minimum Gasteiger partial charge on any atom is -0.497 e. The third-order valence-electron chi connectivity index (χ3n) is 1.86. The van der Waals surface area contributed by atoms with Gasteiger partial charge in [0.15, 0.2) is 0 Å². The van der Waals surface area contributed by atoms with E-state index in [4.69, 9.17) is 4.74 Å². The maximum atomic E-state index is 5.17. The van der Waals surface area contributed by atoms with Crippen LogP contribution in [0.1, 0.15) is 26.3 Å². The van der Waals surface area contributed by atoms with Crippen molar-refractivity contribution in [1.29, 1.82) is 0 Å². The molecule has 0 aliphatic heterocycles. The number of hydrogen-bond donors (Lipinski definition) is 0. The molecule has 0 bridgehead atoms. The summed E-state index contributed by atoms with van der Waals surface area (Å²) in [5.74, 6) is 0.898. The maximum absolute atomic E-state index is 5.17. The molecule has 1 aromatic carbocycles. The first kappa shape index (κ1) is 13.1. The van der Waals surface area contributed by atoms with Gasteiger partial charge in [0.1, 0.15) is 5.75 Å². The van der Waals surface area contributed by atoms with E-state index in [2.05, 4.69) is 31.2 Å². The average Bonchev–Trinajstić information content (AvgIpc) is 2.23. The molecule has 0 saturated heterocycles. The fraction of sp³-hybridized carbons (Fsp3) is 0.462. The van der Waals surface area contributed by atoms with Crippen molar-refractivity contribution in [3.63, 3.8) is 0 Å². The van der Waals surface area contributed by atoms with Gasteiger partial charge in [0.05, 0.1) is 7.11 Å². The first-order chi connectivity index (χ1) is 7.51. The molecule has 0 aromatic heterocycles. The molecule has 0 spiro atoms. The third-order valence-corrected chi connectivity index (χ3v) is 2.66. The van der Waals surface area contributed by atoms with E-state index < -0.39 is 0 Å². The van der Waals surface area contributed by atoms with Gasteiger partial charge in [0.25, 0.3) is 0 Å². The Morgan fingerprint density at radius 1 is 1.38 bits per heavy atom. The molecule has 88 valence electrons. The van der Waals surface area contributed by atoms with Crippen LogP contribution in [0.4, 0.5) is 0 Å². The fourth-order valence-electron chi connectivity index (χ4n) is 1.14. The second kappa shape index (κ2) is 5.94. The lowest BCUT2D eigenvalue weighted by molar-refractivity contribution is 0.414. The van der Waals surface area contributed by atoms with Crippen LogP contribution in [0, 0.1) is 0 Å². The molecule has 0 saturated carbocycles. The number of rotatable bonds is 4. The van der Waals surface area contributed by atoms with Crippen LogP contribution in [0.5, 0.6) is 5.75 Å². The van der Waals surface area contributed by atoms with Crippen molar-refractivity contribution in [2.45, 2.75) is 31.9 Å². The van der Waals surface area contributed by atoms with E-state index in [-0.39, 0.29) is 4.75 Å². The summed E-state index contributed by atoms with van der Waals surface area (Å²) < 4.78 is 9.70. The number of hydrogen-bond acceptors (Lipinski definition) is 3. The van der Waals surface area contributed by atoms with E-state index in [0.717, 1.165) is 12.2 Å². The Balaban J connectivity index is 2.48. The van der Waals surface area contributed by atoms with Crippen molar-refractivity contribution >= 4 is 18.2 Å². The van der Waals surface area contributed by atoms with Gasteiger partial charge in [-0.05, 0) is 50.4 Å². The van der Waals surface area contributed by atoms with Gasteiger partial charge in [-0.15, -0.1) is 0 Å². The molecule has 3 heteroatoms. The molecule has 0 aliphatic carbocycles. The summed E-state index contributed by atoms with van der Waals surface area (Å²) in [6, 6.07) is 8.06. The standard InChI is InChI=1S/C13H19NOS/c1-13(2,3)16-14-9-8-11-6-5-7-12(10-11)15-4/h5-7,9-10H,8H2,1-4H3/b14-9-. The summed E-state index contributed by atoms with van der Waals surface area (Å²) in [5, 5.41) is 0. The maximum Gasteiger partial charge on any atom is 0.119 e. The van der Waals surface area contributed by atoms with Crippen LogP contribution < -0.4 is 4.74 Å². The van der Waals surface area contributed by atoms with Gasteiger partial charge in [-0.25, -0.2) is 4.40 Å². The van der Waals surface area contributed by atoms with E-state index >= 15 is 0 Å². The number of benzene rings is 1. The zero-order chi connectivity index (χ0) is 12.0. The zero-order valence-corrected chi connectivity index (χ0v) is 11.2. The summed E-state index contributed by atoms with van der Waals surface area (Å²) in [4.78, 5) is 0. The van der Waals surface area contributed by atoms with Crippen LogP contribution in [-0.4, -0.2) is 18.1 Å². The topological polar surface area (TPSA) is 21.6 Å². The number of ether oxygens (including phenoxy) is 1. The summed E-state index contributed by atoms with van der Waals surface area (Å²) in [6.07, 6.45) is 2.80. The second-order valence-corrected chi connectivity index (χ2v) is 6.17. The molecule has 16 heavy (non-hydrogen) atoms. The highest BCUT2D eigenvalue weighted by atomic mass is 32.2. The van der Waals surface area contributed by atoms with Gasteiger partial charge in [-0.3, -0.25) is 0 Å². The van der Waals surface area contributed by atoms with E-state index in [1.165, 1.54) is 5.56 Å². The van der Waals surface area contributed by atoms with Gasteiger partial charge in [-0.1, -0.05) is 12.1 Å². The van der Waals surface area contributed by atoms with Gasteiger partial charge >= 0.3 is 0 Å². The van der Waals surface area contributed by atoms with Crippen molar-refractivity contribution in [2.75, 3.05) is 7.11 Å². The number of nitrogens with zero attached hydrogens (tertiary/aromatic N) is 1. The molecule has 0 N–H and O–H groups in total. The molecule has 0 radical (unpaired) electrons. The Bertz CT molecular complexity index is 355. The molecule has 1 rings (SSSR count). The lowest BCUT2D eigenvalue weighted by atomic mass is 10.1. The molecular weight excluding hydrogens is 218 g/mol. The minimum atomic E-state index is 0.185. The van der Waals surface area contributed by atoms with E-state index in [9.17, 15) is 0 Å². The second-order valence-electron chi connectivity index (χ2n) is 4.55. The molecule has 0 amide bonds. The predicted molar refractivity (Wildman–Crippen MR) is 72.5 cm³/mol. The molecule has 0 aliphatic rings. The van der Waals surface area contributed by atoms with Crippen molar-refractivity contribution in [1.82, 2.24) is 0 Å². The van der Waals surface area contributed by atoms with E-state index in [1.54, 1.807) is 19.1 Å². The highest BCUT2D eigenvalue weighted by molar-refractivity contribution is 7.99. The summed E-state index contributed by atoms with van der Waals surface area (Å²) in [5.41, 5.74) is 1.22. The first-order valence-electron chi connectivity index (χ1n) is 5.34. The smallest absolute Gasteiger partial charge is 0.119 e. The van der Waals surface area contributed by atoms with Crippen LogP contribution in [0.25, 0.3) is 0 Å². The van der Waals surface area contributed by atoms with Gasteiger partial charge in [-0.2, -0.15) is 0 Å². The average molecular weight is 237 g/mol. The Hall–Kier alpha value is -0.960. The van der Waals surface area contributed by atoms with Gasteiger partial charge in [0.2, 0.25) is 0 Å². The lowest BCUT2D eigenvalue weighted by Crippen LogP contribution is -2.05. The Kier molecular flexibility index (Phi) is 4.87. The molecule has 0 heterocycles. The minimum absolute atomic E-state index is 0.185. The Labute approximate surface area is 102 Å². The number of methoxy groups -OCH3 is 1. The highest BCUT2D eigenvalue weighted by Crippen LogP contribution is 2.23. The zero-order valence-electron chi connectivity index (χ0n) is 10.4. The summed E-state index contributed by atoms with van der Waals surface area (Å²) in [6.45, 7) is 6.46. The van der Waals surface area contributed by atoms with Crippen molar-refractivity contribution in [3.8, 4) is 5.75 Å². The van der Waals surface area contributed by atoms with E-state index in [0.29, 0.717) is 0 Å². The van der Waals surface area contributed by atoms with Crippen LogP contribution in [0.3, 0.4) is 0 Å². The van der Waals surface area contributed by atoms with E-state index in [1.807, 2.05) is 24.4 Å². The molecule has 0 unspecified atom stereocenters. The largest absolute Gasteiger partial charge is 0.497 e. The van der Waals surface area contributed by atoms with Gasteiger partial charge < -0.3 is 4.74 Å². The quantitative estimate of drug-likeness (QED) is 0.587. The Morgan fingerprint density at radius 2 is 2.12 bits per heavy atom. The SMILES string of the molecule is COc1cccc(C/C=N\SC(C)(C)C)c1. The predicted octanol–water partition coefficient (Wildman–Crippen LogP) is 3.76.